The Balaban J connectivity index is 2.44. The molecule has 0 saturated carbocycles. The highest BCUT2D eigenvalue weighted by atomic mass is 79.9. The zero-order chi connectivity index (χ0) is 13.1. The van der Waals surface area contributed by atoms with Gasteiger partial charge in [0.1, 0.15) is 5.82 Å². The molecule has 0 radical (unpaired) electrons. The van der Waals surface area contributed by atoms with Crippen molar-refractivity contribution in [2.75, 3.05) is 7.05 Å². The molecule has 2 aromatic rings. The number of nitrogens with one attached hydrogen (secondary N) is 1. The molecular weight excluding hydrogens is 295 g/mol. The van der Waals surface area contributed by atoms with E-state index in [1.165, 1.54) is 6.07 Å². The molecular formula is C14H14BrFN2. The number of benzene rings is 1. The summed E-state index contributed by atoms with van der Waals surface area (Å²) in [4.78, 5) is 4.32. The zero-order valence-electron chi connectivity index (χ0n) is 10.2. The van der Waals surface area contributed by atoms with E-state index in [0.29, 0.717) is 5.56 Å². The van der Waals surface area contributed by atoms with Crippen molar-refractivity contribution in [2.45, 2.75) is 13.0 Å². The maximum Gasteiger partial charge on any atom is 0.128 e. The highest BCUT2D eigenvalue weighted by molar-refractivity contribution is 9.10. The average molecular weight is 309 g/mol. The first kappa shape index (κ1) is 13.2. The van der Waals surface area contributed by atoms with E-state index >= 15 is 0 Å². The second-order valence-corrected chi connectivity index (χ2v) is 5.06. The van der Waals surface area contributed by atoms with E-state index in [9.17, 15) is 4.39 Å². The van der Waals surface area contributed by atoms with Gasteiger partial charge in [0.25, 0.3) is 0 Å². The van der Waals surface area contributed by atoms with Crippen LogP contribution in [-0.4, -0.2) is 12.0 Å². The number of halogens is 2. The van der Waals surface area contributed by atoms with Crippen LogP contribution in [0.3, 0.4) is 0 Å². The summed E-state index contributed by atoms with van der Waals surface area (Å²) < 4.78 is 14.8. The quantitative estimate of drug-likeness (QED) is 0.937. The molecule has 1 N–H and O–H groups in total. The summed E-state index contributed by atoms with van der Waals surface area (Å²) >= 11 is 3.34. The van der Waals surface area contributed by atoms with Gasteiger partial charge in [-0.05, 0) is 48.1 Å². The lowest BCUT2D eigenvalue weighted by Gasteiger charge is -2.17. The number of nitrogens with zero attached hydrogens (tertiary/aromatic N) is 1. The average Bonchev–Trinajstić information content (AvgIpc) is 2.37. The molecule has 1 aromatic heterocycles. The Bertz CT molecular complexity index is 540. The fraction of sp³-hybridized carbons (Fsp3) is 0.214. The van der Waals surface area contributed by atoms with Crippen molar-refractivity contribution < 1.29 is 4.39 Å². The Morgan fingerprint density at radius 3 is 2.67 bits per heavy atom. The molecule has 1 unspecified atom stereocenters. The molecule has 0 aliphatic heterocycles. The van der Waals surface area contributed by atoms with Gasteiger partial charge in [-0.1, -0.05) is 17.7 Å². The van der Waals surface area contributed by atoms with Crippen molar-refractivity contribution in [3.8, 4) is 0 Å². The van der Waals surface area contributed by atoms with Gasteiger partial charge in [0.15, 0.2) is 0 Å². The summed E-state index contributed by atoms with van der Waals surface area (Å²) in [6, 6.07) is 8.65. The van der Waals surface area contributed by atoms with E-state index in [4.69, 9.17) is 0 Å². The standard InChI is InChI=1S/C14H14BrFN2/c1-9-3-5-12(16)11(7-9)14(17-2)13-6-4-10(15)8-18-13/h3-8,14,17H,1-2H3. The third-order valence-corrected chi connectivity index (χ3v) is 3.27. The van der Waals surface area contributed by atoms with Gasteiger partial charge in [-0.25, -0.2) is 4.39 Å². The maximum atomic E-state index is 13.9. The van der Waals surface area contributed by atoms with E-state index in [-0.39, 0.29) is 11.9 Å². The van der Waals surface area contributed by atoms with Gasteiger partial charge in [0.05, 0.1) is 11.7 Å². The predicted octanol–water partition coefficient (Wildman–Crippen LogP) is 3.60. The van der Waals surface area contributed by atoms with Crippen molar-refractivity contribution in [2.24, 2.45) is 0 Å². The Labute approximate surface area is 114 Å². The molecule has 1 heterocycles. The monoisotopic (exact) mass is 308 g/mol. The number of hydrogen-bond acceptors (Lipinski definition) is 2. The molecule has 94 valence electrons. The van der Waals surface area contributed by atoms with Crippen molar-refractivity contribution in [3.05, 3.63) is 63.6 Å². The third-order valence-electron chi connectivity index (χ3n) is 2.80. The smallest absolute Gasteiger partial charge is 0.128 e. The molecule has 0 spiro atoms. The van der Waals surface area contributed by atoms with E-state index in [0.717, 1.165) is 15.7 Å². The van der Waals surface area contributed by atoms with Crippen LogP contribution in [0.25, 0.3) is 0 Å². The van der Waals surface area contributed by atoms with Gasteiger partial charge in [0.2, 0.25) is 0 Å². The second kappa shape index (κ2) is 5.59. The van der Waals surface area contributed by atoms with E-state index in [1.54, 1.807) is 19.3 Å². The van der Waals surface area contributed by atoms with E-state index in [2.05, 4.69) is 26.2 Å². The van der Waals surface area contributed by atoms with Crippen LogP contribution >= 0.6 is 15.9 Å². The molecule has 1 atom stereocenters. The number of aromatic nitrogens is 1. The van der Waals surface area contributed by atoms with Crippen molar-refractivity contribution in [3.63, 3.8) is 0 Å². The molecule has 0 aliphatic carbocycles. The highest BCUT2D eigenvalue weighted by Gasteiger charge is 2.17. The molecule has 0 fully saturated rings. The SMILES string of the molecule is CNC(c1ccc(Br)cn1)c1cc(C)ccc1F. The maximum absolute atomic E-state index is 13.9. The van der Waals surface area contributed by atoms with Crippen LogP contribution in [-0.2, 0) is 0 Å². The van der Waals surface area contributed by atoms with Gasteiger partial charge in [0, 0.05) is 16.2 Å². The Morgan fingerprint density at radius 2 is 2.06 bits per heavy atom. The Kier molecular flexibility index (Phi) is 4.09. The lowest BCUT2D eigenvalue weighted by atomic mass is 10.0. The summed E-state index contributed by atoms with van der Waals surface area (Å²) in [6.45, 7) is 1.95. The van der Waals surface area contributed by atoms with Crippen LogP contribution in [0.15, 0.2) is 41.0 Å². The van der Waals surface area contributed by atoms with Crippen LogP contribution in [0.2, 0.25) is 0 Å². The normalized spacial score (nSPS) is 12.4. The van der Waals surface area contributed by atoms with Crippen molar-refractivity contribution in [1.82, 2.24) is 10.3 Å². The Hall–Kier alpha value is -1.26. The fourth-order valence-corrected chi connectivity index (χ4v) is 2.14. The van der Waals surface area contributed by atoms with Crippen LogP contribution in [0, 0.1) is 12.7 Å². The first-order chi connectivity index (χ1) is 8.61. The largest absolute Gasteiger partial charge is 0.308 e. The first-order valence-electron chi connectivity index (χ1n) is 5.66. The van der Waals surface area contributed by atoms with Crippen LogP contribution in [0.5, 0.6) is 0 Å². The summed E-state index contributed by atoms with van der Waals surface area (Å²) in [7, 11) is 1.80. The second-order valence-electron chi connectivity index (χ2n) is 4.15. The molecule has 1 aromatic carbocycles. The van der Waals surface area contributed by atoms with Crippen LogP contribution in [0.4, 0.5) is 4.39 Å². The Morgan fingerprint density at radius 1 is 1.28 bits per heavy atom. The topological polar surface area (TPSA) is 24.9 Å². The summed E-state index contributed by atoms with van der Waals surface area (Å²) in [6.07, 6.45) is 1.72. The molecule has 2 rings (SSSR count). The minimum atomic E-state index is -0.238. The van der Waals surface area contributed by atoms with Crippen molar-refractivity contribution >= 4 is 15.9 Å². The van der Waals surface area contributed by atoms with Gasteiger partial charge in [-0.2, -0.15) is 0 Å². The summed E-state index contributed by atoms with van der Waals surface area (Å²) in [5, 5.41) is 3.10. The number of rotatable bonds is 3. The molecule has 0 bridgehead atoms. The minimum Gasteiger partial charge on any atom is -0.308 e. The molecule has 0 saturated heterocycles. The first-order valence-corrected chi connectivity index (χ1v) is 6.46. The summed E-state index contributed by atoms with van der Waals surface area (Å²) in [5.41, 5.74) is 2.45. The van der Waals surface area contributed by atoms with Gasteiger partial charge in [-0.15, -0.1) is 0 Å². The molecule has 2 nitrogen and oxygen atoms in total. The van der Waals surface area contributed by atoms with Gasteiger partial charge in [-0.3, -0.25) is 4.98 Å². The van der Waals surface area contributed by atoms with Crippen LogP contribution < -0.4 is 5.32 Å². The number of pyridine rings is 1. The number of aryl methyl sites for hydroxylation is 1. The van der Waals surface area contributed by atoms with Crippen molar-refractivity contribution in [1.29, 1.82) is 0 Å². The lowest BCUT2D eigenvalue weighted by Crippen LogP contribution is -2.20. The van der Waals surface area contributed by atoms with E-state index in [1.807, 2.05) is 25.1 Å². The van der Waals surface area contributed by atoms with Gasteiger partial charge >= 0.3 is 0 Å². The third kappa shape index (κ3) is 2.76. The fourth-order valence-electron chi connectivity index (χ4n) is 1.91. The van der Waals surface area contributed by atoms with Gasteiger partial charge < -0.3 is 5.32 Å². The summed E-state index contributed by atoms with van der Waals surface area (Å²) in [5.74, 6) is -0.218. The molecule has 4 heteroatoms. The van der Waals surface area contributed by atoms with Crippen LogP contribution in [0.1, 0.15) is 22.9 Å². The highest BCUT2D eigenvalue weighted by Crippen LogP contribution is 2.24. The molecule has 18 heavy (non-hydrogen) atoms. The number of hydrogen-bond donors (Lipinski definition) is 1. The molecule has 0 aliphatic rings. The molecule has 0 amide bonds. The minimum absolute atomic E-state index is 0.218. The predicted molar refractivity (Wildman–Crippen MR) is 74.0 cm³/mol. The lowest BCUT2D eigenvalue weighted by molar-refractivity contribution is 0.570. The van der Waals surface area contributed by atoms with E-state index < -0.39 is 0 Å². The zero-order valence-corrected chi connectivity index (χ0v) is 11.8.